The Balaban J connectivity index is 1.35. The first-order chi connectivity index (χ1) is 13.5. The molecule has 0 atom stereocenters. The van der Waals surface area contributed by atoms with Gasteiger partial charge in [-0.1, -0.05) is 29.4 Å². The molecular formula is C21H23N5O2. The van der Waals surface area contributed by atoms with Crippen LogP contribution in [0.2, 0.25) is 0 Å². The number of likely N-dealkylation sites (tertiary alicyclic amines) is 1. The van der Waals surface area contributed by atoms with Crippen molar-refractivity contribution in [3.05, 3.63) is 48.5 Å². The predicted octanol–water partition coefficient (Wildman–Crippen LogP) is 2.84. The molecule has 2 N–H and O–H groups in total. The minimum atomic E-state index is -0.0740. The molecule has 144 valence electrons. The van der Waals surface area contributed by atoms with Gasteiger partial charge in [0.25, 0.3) is 5.91 Å². The van der Waals surface area contributed by atoms with E-state index in [0.717, 1.165) is 48.9 Å². The summed E-state index contributed by atoms with van der Waals surface area (Å²) in [6.07, 6.45) is 7.63. The Hall–Kier alpha value is -2.93. The molecule has 28 heavy (non-hydrogen) atoms. The molecule has 5 rings (SSSR count). The molecule has 3 heterocycles. The monoisotopic (exact) mass is 377 g/mol. The SMILES string of the molecule is Cn1cc(-c2ccc(-c3cc(C(=O)N4CCC[C@]45C[C@H](N)C5)on3)cc2)cn1. The lowest BCUT2D eigenvalue weighted by Gasteiger charge is -2.49. The van der Waals surface area contributed by atoms with Crippen LogP contribution in [0.1, 0.15) is 36.2 Å². The molecule has 1 saturated carbocycles. The molecule has 1 spiro atoms. The average molecular weight is 377 g/mol. The van der Waals surface area contributed by atoms with Crippen LogP contribution in [0.5, 0.6) is 0 Å². The van der Waals surface area contributed by atoms with Crippen LogP contribution < -0.4 is 5.73 Å². The minimum Gasteiger partial charge on any atom is -0.350 e. The molecule has 2 aromatic heterocycles. The van der Waals surface area contributed by atoms with Crippen molar-refractivity contribution in [2.75, 3.05) is 6.54 Å². The number of hydrogen-bond acceptors (Lipinski definition) is 5. The average Bonchev–Trinajstić information content (AvgIpc) is 3.40. The Bertz CT molecular complexity index is 1010. The van der Waals surface area contributed by atoms with Gasteiger partial charge in [-0.3, -0.25) is 9.48 Å². The zero-order valence-corrected chi connectivity index (χ0v) is 15.8. The number of carbonyl (C=O) groups excluding carboxylic acids is 1. The van der Waals surface area contributed by atoms with E-state index in [4.69, 9.17) is 10.3 Å². The summed E-state index contributed by atoms with van der Waals surface area (Å²) in [6.45, 7) is 0.765. The van der Waals surface area contributed by atoms with Gasteiger partial charge in [0.05, 0.1) is 6.20 Å². The number of nitrogens with two attached hydrogens (primary N) is 1. The molecule has 1 aliphatic heterocycles. The van der Waals surface area contributed by atoms with E-state index in [2.05, 4.69) is 10.3 Å². The molecule has 0 bridgehead atoms. The first kappa shape index (κ1) is 17.2. The van der Waals surface area contributed by atoms with Crippen LogP contribution >= 0.6 is 0 Å². The third-order valence-electron chi connectivity index (χ3n) is 6.07. The highest BCUT2D eigenvalue weighted by Crippen LogP contribution is 2.45. The molecule has 0 radical (unpaired) electrons. The van der Waals surface area contributed by atoms with E-state index in [0.29, 0.717) is 11.5 Å². The summed E-state index contributed by atoms with van der Waals surface area (Å²) in [5.41, 5.74) is 9.65. The lowest BCUT2D eigenvalue weighted by Crippen LogP contribution is -2.60. The second-order valence-corrected chi connectivity index (χ2v) is 8.01. The Morgan fingerprint density at radius 2 is 1.96 bits per heavy atom. The van der Waals surface area contributed by atoms with E-state index >= 15 is 0 Å². The standard InChI is InChI=1S/C21H23N5O2/c1-25-13-16(12-23-25)14-3-5-15(6-4-14)18-9-19(28-24-18)20(27)26-8-2-7-21(26)10-17(22)11-21/h3-6,9,12-13,17H,2,7-8,10-11,22H2,1H3/t17-,21+. The highest BCUT2D eigenvalue weighted by Gasteiger charge is 2.52. The Labute approximate surface area is 163 Å². The summed E-state index contributed by atoms with van der Waals surface area (Å²) in [6, 6.07) is 9.96. The van der Waals surface area contributed by atoms with Crippen molar-refractivity contribution in [3.8, 4) is 22.4 Å². The minimum absolute atomic E-state index is 0.0607. The number of aryl methyl sites for hydroxylation is 1. The van der Waals surface area contributed by atoms with Crippen molar-refractivity contribution < 1.29 is 9.32 Å². The Morgan fingerprint density at radius 3 is 2.64 bits per heavy atom. The zero-order chi connectivity index (χ0) is 19.3. The van der Waals surface area contributed by atoms with Crippen molar-refractivity contribution >= 4 is 5.91 Å². The number of nitrogens with zero attached hydrogens (tertiary/aromatic N) is 4. The number of rotatable bonds is 3. The van der Waals surface area contributed by atoms with Crippen molar-refractivity contribution in [2.45, 2.75) is 37.3 Å². The molecule has 2 aliphatic rings. The van der Waals surface area contributed by atoms with Crippen LogP contribution in [0.4, 0.5) is 0 Å². The molecule has 7 nitrogen and oxygen atoms in total. The Kier molecular flexibility index (Phi) is 3.87. The van der Waals surface area contributed by atoms with Gasteiger partial charge in [-0.05, 0) is 31.2 Å². The van der Waals surface area contributed by atoms with Gasteiger partial charge >= 0.3 is 0 Å². The van der Waals surface area contributed by atoms with Gasteiger partial charge in [0.2, 0.25) is 5.76 Å². The third-order valence-corrected chi connectivity index (χ3v) is 6.07. The van der Waals surface area contributed by atoms with Crippen LogP contribution in [-0.2, 0) is 7.05 Å². The van der Waals surface area contributed by atoms with Crippen molar-refractivity contribution in [2.24, 2.45) is 12.8 Å². The molecule has 1 aliphatic carbocycles. The largest absolute Gasteiger partial charge is 0.350 e. The maximum Gasteiger partial charge on any atom is 0.292 e. The summed E-state index contributed by atoms with van der Waals surface area (Å²) in [5.74, 6) is 0.225. The number of amides is 1. The van der Waals surface area contributed by atoms with Gasteiger partial charge in [-0.25, -0.2) is 0 Å². The van der Waals surface area contributed by atoms with E-state index in [1.54, 1.807) is 10.7 Å². The van der Waals surface area contributed by atoms with Gasteiger partial charge < -0.3 is 15.2 Å². The van der Waals surface area contributed by atoms with Gasteiger partial charge in [0, 0.05) is 48.6 Å². The fourth-order valence-electron chi connectivity index (χ4n) is 4.64. The number of benzene rings is 1. The van der Waals surface area contributed by atoms with E-state index < -0.39 is 0 Å². The van der Waals surface area contributed by atoms with Crippen LogP contribution in [0.3, 0.4) is 0 Å². The van der Waals surface area contributed by atoms with Gasteiger partial charge in [-0.15, -0.1) is 0 Å². The van der Waals surface area contributed by atoms with Gasteiger partial charge in [-0.2, -0.15) is 5.10 Å². The second-order valence-electron chi connectivity index (χ2n) is 8.01. The lowest BCUT2D eigenvalue weighted by atomic mass is 9.71. The number of carbonyl (C=O) groups is 1. The van der Waals surface area contributed by atoms with Crippen LogP contribution in [0, 0.1) is 0 Å². The molecule has 0 unspecified atom stereocenters. The highest BCUT2D eigenvalue weighted by atomic mass is 16.5. The predicted molar refractivity (Wildman–Crippen MR) is 104 cm³/mol. The van der Waals surface area contributed by atoms with Crippen molar-refractivity contribution in [1.29, 1.82) is 0 Å². The molecule has 3 aromatic rings. The maximum atomic E-state index is 13.0. The molecule has 1 aromatic carbocycles. The van der Waals surface area contributed by atoms with Crippen LogP contribution in [-0.4, -0.2) is 43.9 Å². The number of hydrogen-bond donors (Lipinski definition) is 1. The first-order valence-corrected chi connectivity index (χ1v) is 9.68. The Morgan fingerprint density at radius 1 is 1.21 bits per heavy atom. The van der Waals surface area contributed by atoms with Crippen molar-refractivity contribution in [3.63, 3.8) is 0 Å². The maximum absolute atomic E-state index is 13.0. The van der Waals surface area contributed by atoms with Gasteiger partial charge in [0.15, 0.2) is 0 Å². The topological polar surface area (TPSA) is 90.2 Å². The van der Waals surface area contributed by atoms with Gasteiger partial charge in [0.1, 0.15) is 5.69 Å². The third kappa shape index (κ3) is 2.74. The van der Waals surface area contributed by atoms with E-state index in [9.17, 15) is 4.79 Å². The smallest absolute Gasteiger partial charge is 0.292 e. The lowest BCUT2D eigenvalue weighted by molar-refractivity contribution is 0.0257. The molecule has 7 heteroatoms. The molecule has 1 amide bonds. The van der Waals surface area contributed by atoms with Crippen LogP contribution in [0.25, 0.3) is 22.4 Å². The zero-order valence-electron chi connectivity index (χ0n) is 15.8. The number of aromatic nitrogens is 3. The summed E-state index contributed by atoms with van der Waals surface area (Å²) in [4.78, 5) is 14.9. The van der Waals surface area contributed by atoms with Crippen molar-refractivity contribution in [1.82, 2.24) is 19.8 Å². The highest BCUT2D eigenvalue weighted by molar-refractivity contribution is 5.93. The normalized spacial score (nSPS) is 23.9. The fourth-order valence-corrected chi connectivity index (χ4v) is 4.64. The molecular weight excluding hydrogens is 354 g/mol. The summed E-state index contributed by atoms with van der Waals surface area (Å²) >= 11 is 0. The van der Waals surface area contributed by atoms with E-state index in [-0.39, 0.29) is 17.5 Å². The van der Waals surface area contributed by atoms with Crippen LogP contribution in [0.15, 0.2) is 47.2 Å². The second kappa shape index (κ2) is 6.31. The van der Waals surface area contributed by atoms with E-state index in [1.165, 1.54) is 0 Å². The first-order valence-electron chi connectivity index (χ1n) is 9.68. The summed E-state index contributed by atoms with van der Waals surface area (Å²) < 4.78 is 7.19. The summed E-state index contributed by atoms with van der Waals surface area (Å²) in [5, 5.41) is 8.33. The molecule has 2 fully saturated rings. The fraction of sp³-hybridized carbons (Fsp3) is 0.381. The summed E-state index contributed by atoms with van der Waals surface area (Å²) in [7, 11) is 1.90. The molecule has 1 saturated heterocycles. The van der Waals surface area contributed by atoms with E-state index in [1.807, 2.05) is 48.6 Å². The quantitative estimate of drug-likeness (QED) is 0.758.